The van der Waals surface area contributed by atoms with E-state index in [-0.39, 0.29) is 59.4 Å². The van der Waals surface area contributed by atoms with Gasteiger partial charge >= 0.3 is 0 Å². The smallest absolute Gasteiger partial charge is 0.264 e. The minimum atomic E-state index is -3.33. The van der Waals surface area contributed by atoms with Crippen molar-refractivity contribution in [1.82, 2.24) is 0 Å². The lowest BCUT2D eigenvalue weighted by Crippen LogP contribution is -2.25. The summed E-state index contributed by atoms with van der Waals surface area (Å²) in [4.78, 5) is 49.5. The van der Waals surface area contributed by atoms with Gasteiger partial charge in [-0.2, -0.15) is 8.42 Å². The highest BCUT2D eigenvalue weighted by atomic mass is 32.2. The van der Waals surface area contributed by atoms with E-state index in [4.69, 9.17) is 28.2 Å². The van der Waals surface area contributed by atoms with Gasteiger partial charge < -0.3 is 24.1 Å². The van der Waals surface area contributed by atoms with E-state index < -0.39 is 10.1 Å². The highest BCUT2D eigenvalue weighted by Gasteiger charge is 2.35. The second kappa shape index (κ2) is 25.6. The average Bonchev–Trinajstić information content (AvgIpc) is 3.11. The second-order valence-electron chi connectivity index (χ2n) is 13.1. The standard InChI is InChI=1S/C20H32O7S.C19H30O5/c1-15-16(18(22)20(26-3)19(25-2)17(15)21)13-11-9-7-5-6-8-10-12-14-27-28(4,23)24;1-14-15(12-10-8-6-4-5-7-9-11-13-20)17(22)19(24-3)18(23-2)16(14)21/h5-14H2,1-4H3;20H,4-13H2,1-3H3. The first-order valence-corrected chi connectivity index (χ1v) is 20.3. The number of ether oxygens (including phenoxy) is 4. The summed E-state index contributed by atoms with van der Waals surface area (Å²) in [5.41, 5.74) is 2.00. The Labute approximate surface area is 311 Å². The largest absolute Gasteiger partial charge is 0.489 e. The van der Waals surface area contributed by atoms with Crippen LogP contribution in [0.1, 0.15) is 129 Å². The van der Waals surface area contributed by atoms with Gasteiger partial charge in [-0.05, 0) is 52.4 Å². The predicted octanol–water partition coefficient (Wildman–Crippen LogP) is 6.91. The van der Waals surface area contributed by atoms with Gasteiger partial charge in [-0.3, -0.25) is 23.4 Å². The molecule has 0 amide bonds. The van der Waals surface area contributed by atoms with E-state index >= 15 is 0 Å². The minimum Gasteiger partial charge on any atom is -0.489 e. The number of methoxy groups -OCH3 is 4. The summed E-state index contributed by atoms with van der Waals surface area (Å²) >= 11 is 0. The molecule has 2 aliphatic rings. The van der Waals surface area contributed by atoms with E-state index in [9.17, 15) is 27.6 Å². The summed E-state index contributed by atoms with van der Waals surface area (Å²) in [6.45, 7) is 3.88. The maximum atomic E-state index is 12.5. The van der Waals surface area contributed by atoms with Gasteiger partial charge in [0.15, 0.2) is 0 Å². The van der Waals surface area contributed by atoms with Crippen molar-refractivity contribution in [2.75, 3.05) is 47.9 Å². The van der Waals surface area contributed by atoms with Crippen LogP contribution in [0, 0.1) is 0 Å². The number of carbonyl (C=O) groups is 4. The van der Waals surface area contributed by atoms with E-state index in [1.165, 1.54) is 47.7 Å². The summed E-state index contributed by atoms with van der Waals surface area (Å²) in [6, 6.07) is 0. The Hall–Kier alpha value is -3.29. The van der Waals surface area contributed by atoms with Crippen molar-refractivity contribution < 1.29 is 55.8 Å². The highest BCUT2D eigenvalue weighted by Crippen LogP contribution is 2.30. The van der Waals surface area contributed by atoms with Gasteiger partial charge in [-0.1, -0.05) is 77.0 Å². The zero-order valence-corrected chi connectivity index (χ0v) is 33.3. The van der Waals surface area contributed by atoms with E-state index in [2.05, 4.69) is 0 Å². The van der Waals surface area contributed by atoms with E-state index in [0.29, 0.717) is 35.1 Å². The molecule has 2 aliphatic carbocycles. The molecule has 0 heterocycles. The molecule has 0 aromatic rings. The molecule has 0 aromatic heterocycles. The number of aliphatic hydroxyl groups excluding tert-OH is 1. The number of Topliss-reactive ketones (excluding diaryl/α,β-unsaturated/α-hetero) is 4. The molecule has 0 atom stereocenters. The van der Waals surface area contributed by atoms with Crippen LogP contribution in [0.4, 0.5) is 0 Å². The topological polar surface area (TPSA) is 169 Å². The molecular formula is C39H62O12S. The Morgan fingerprint density at radius 3 is 1.06 bits per heavy atom. The van der Waals surface area contributed by atoms with Gasteiger partial charge in [0.05, 0.1) is 41.3 Å². The van der Waals surface area contributed by atoms with Crippen molar-refractivity contribution in [2.45, 2.75) is 129 Å². The number of ketones is 4. The first-order valence-electron chi connectivity index (χ1n) is 18.5. The predicted molar refractivity (Wildman–Crippen MR) is 199 cm³/mol. The molecule has 0 saturated carbocycles. The number of aliphatic hydroxyl groups is 1. The lowest BCUT2D eigenvalue weighted by molar-refractivity contribution is -0.121. The molecule has 13 heteroatoms. The van der Waals surface area contributed by atoms with E-state index in [1.54, 1.807) is 13.8 Å². The van der Waals surface area contributed by atoms with Gasteiger partial charge in [0.1, 0.15) is 0 Å². The van der Waals surface area contributed by atoms with Crippen LogP contribution in [0.2, 0.25) is 0 Å². The fourth-order valence-electron chi connectivity index (χ4n) is 6.13. The van der Waals surface area contributed by atoms with Gasteiger partial charge in [0.2, 0.25) is 46.2 Å². The third-order valence-electron chi connectivity index (χ3n) is 9.14. The molecule has 52 heavy (non-hydrogen) atoms. The molecule has 0 aromatic carbocycles. The quantitative estimate of drug-likeness (QED) is 0.0551. The van der Waals surface area contributed by atoms with Crippen LogP contribution in [-0.4, -0.2) is 84.6 Å². The molecule has 0 radical (unpaired) electrons. The van der Waals surface area contributed by atoms with Gasteiger partial charge in [-0.25, -0.2) is 0 Å². The van der Waals surface area contributed by atoms with E-state index in [0.717, 1.165) is 89.7 Å². The van der Waals surface area contributed by atoms with Crippen molar-refractivity contribution in [3.05, 3.63) is 45.3 Å². The summed E-state index contributed by atoms with van der Waals surface area (Å²) < 4.78 is 46.6. The first kappa shape index (κ1) is 46.7. The zero-order chi connectivity index (χ0) is 39.1. The summed E-state index contributed by atoms with van der Waals surface area (Å²) in [6.07, 6.45) is 18.6. The Bertz CT molecular complexity index is 1430. The van der Waals surface area contributed by atoms with Crippen LogP contribution in [-0.2, 0) is 52.4 Å². The van der Waals surface area contributed by atoms with Crippen LogP contribution in [0.3, 0.4) is 0 Å². The molecule has 0 saturated heterocycles. The molecule has 0 fully saturated rings. The average molecular weight is 755 g/mol. The van der Waals surface area contributed by atoms with Crippen molar-refractivity contribution in [1.29, 1.82) is 0 Å². The SMILES string of the molecule is COC1=C(OC)C(=O)C(CCCCCCCCCCO)=C(C)C1=O.COC1=C(OC)C(=O)C(CCCCCCCCCCOS(C)(=O)=O)=C(C)C1=O. The Morgan fingerprint density at radius 1 is 0.462 bits per heavy atom. The zero-order valence-electron chi connectivity index (χ0n) is 32.5. The van der Waals surface area contributed by atoms with Crippen molar-refractivity contribution in [3.8, 4) is 0 Å². The maximum Gasteiger partial charge on any atom is 0.264 e. The van der Waals surface area contributed by atoms with Crippen molar-refractivity contribution >= 4 is 33.3 Å². The molecule has 0 unspecified atom stereocenters. The number of unbranched alkanes of at least 4 members (excludes halogenated alkanes) is 14. The number of carbonyl (C=O) groups excluding carboxylic acids is 4. The molecule has 0 bridgehead atoms. The van der Waals surface area contributed by atoms with Crippen LogP contribution in [0.25, 0.3) is 0 Å². The molecule has 2 rings (SSSR count). The molecular weight excluding hydrogens is 692 g/mol. The molecule has 0 spiro atoms. The monoisotopic (exact) mass is 754 g/mol. The van der Waals surface area contributed by atoms with Crippen LogP contribution in [0.5, 0.6) is 0 Å². The van der Waals surface area contributed by atoms with Crippen LogP contribution < -0.4 is 0 Å². The van der Waals surface area contributed by atoms with Crippen LogP contribution in [0.15, 0.2) is 45.3 Å². The fourth-order valence-corrected chi connectivity index (χ4v) is 6.56. The normalized spacial score (nSPS) is 15.4. The summed E-state index contributed by atoms with van der Waals surface area (Å²) in [7, 11) is 2.15. The lowest BCUT2D eigenvalue weighted by Gasteiger charge is -2.20. The van der Waals surface area contributed by atoms with Crippen molar-refractivity contribution in [3.63, 3.8) is 0 Å². The fraction of sp³-hybridized carbons (Fsp3) is 0.692. The summed E-state index contributed by atoms with van der Waals surface area (Å²) in [5, 5.41) is 8.72. The maximum absolute atomic E-state index is 12.5. The van der Waals surface area contributed by atoms with Crippen LogP contribution >= 0.6 is 0 Å². The molecule has 296 valence electrons. The highest BCUT2D eigenvalue weighted by molar-refractivity contribution is 7.85. The van der Waals surface area contributed by atoms with Crippen molar-refractivity contribution in [2.24, 2.45) is 0 Å². The van der Waals surface area contributed by atoms with Gasteiger partial charge in [0, 0.05) is 28.9 Å². The number of hydrogen-bond donors (Lipinski definition) is 1. The summed E-state index contributed by atoms with van der Waals surface area (Å²) in [5.74, 6) is -1.02. The molecule has 1 N–H and O–H groups in total. The number of hydrogen-bond acceptors (Lipinski definition) is 12. The second-order valence-corrected chi connectivity index (χ2v) is 14.7. The lowest BCUT2D eigenvalue weighted by atomic mass is 9.89. The third-order valence-corrected chi connectivity index (χ3v) is 9.74. The minimum absolute atomic E-state index is 0.00614. The number of rotatable bonds is 26. The Morgan fingerprint density at radius 2 is 0.750 bits per heavy atom. The Balaban J connectivity index is 0.000000526. The molecule has 12 nitrogen and oxygen atoms in total. The van der Waals surface area contributed by atoms with E-state index in [1.807, 2.05) is 0 Å². The third kappa shape index (κ3) is 15.8. The first-order chi connectivity index (χ1) is 24.8. The molecule has 0 aliphatic heterocycles. The number of allylic oxidation sites excluding steroid dienone is 4. The van der Waals surface area contributed by atoms with Gasteiger partial charge in [-0.15, -0.1) is 0 Å². The van der Waals surface area contributed by atoms with Gasteiger partial charge in [0.25, 0.3) is 10.1 Å². The Kier molecular flexibility index (Phi) is 23.0.